The van der Waals surface area contributed by atoms with Gasteiger partial charge >= 0.3 is 0 Å². The number of aryl methyl sites for hydroxylation is 2. The molecule has 30 heavy (non-hydrogen) atoms. The zero-order valence-electron chi connectivity index (χ0n) is 17.2. The van der Waals surface area contributed by atoms with Gasteiger partial charge in [-0.25, -0.2) is 0 Å². The molecule has 0 amide bonds. The monoisotopic (exact) mass is 397 g/mol. The number of carbonyl (C=O) groups excluding carboxylic acids is 1. The summed E-state index contributed by atoms with van der Waals surface area (Å²) < 4.78 is 6.08. The van der Waals surface area contributed by atoms with Crippen molar-refractivity contribution in [2.45, 2.75) is 45.1 Å². The van der Waals surface area contributed by atoms with Crippen molar-refractivity contribution >= 4 is 5.78 Å². The molecule has 3 aromatic carbocycles. The Labute approximate surface area is 178 Å². The van der Waals surface area contributed by atoms with Crippen LogP contribution in [0.1, 0.15) is 41.5 Å². The van der Waals surface area contributed by atoms with Crippen LogP contribution in [0, 0.1) is 11.3 Å². The molecular formula is C27H27NO2. The summed E-state index contributed by atoms with van der Waals surface area (Å²) in [5.41, 5.74) is 4.29. The quantitative estimate of drug-likeness (QED) is 0.407. The van der Waals surface area contributed by atoms with Gasteiger partial charge in [-0.2, -0.15) is 5.26 Å². The van der Waals surface area contributed by atoms with Crippen molar-refractivity contribution in [3.63, 3.8) is 0 Å². The highest BCUT2D eigenvalue weighted by Gasteiger charge is 2.14. The number of nitriles is 1. The van der Waals surface area contributed by atoms with E-state index in [0.717, 1.165) is 35.3 Å². The number of ether oxygens (including phenoxy) is 1. The normalized spacial score (nSPS) is 10.4. The molecule has 0 aliphatic carbocycles. The molecule has 0 N–H and O–H groups in total. The van der Waals surface area contributed by atoms with Gasteiger partial charge in [-0.3, -0.25) is 4.79 Å². The summed E-state index contributed by atoms with van der Waals surface area (Å²) in [4.78, 5) is 12.7. The second kappa shape index (κ2) is 11.6. The van der Waals surface area contributed by atoms with E-state index in [1.165, 1.54) is 5.56 Å². The summed E-state index contributed by atoms with van der Waals surface area (Å²) in [5, 5.41) is 9.00. The third-order valence-electron chi connectivity index (χ3n) is 5.11. The Morgan fingerprint density at radius 1 is 0.833 bits per heavy atom. The predicted octanol–water partition coefficient (Wildman–Crippen LogP) is 5.86. The summed E-state index contributed by atoms with van der Waals surface area (Å²) in [7, 11) is 0. The van der Waals surface area contributed by atoms with Crippen molar-refractivity contribution in [3.05, 3.63) is 101 Å². The Hall–Kier alpha value is -3.38. The number of Topliss-reactive ketones (excluding diaryl/α,β-unsaturated/α-hetero) is 1. The van der Waals surface area contributed by atoms with Crippen LogP contribution in [0.5, 0.6) is 5.75 Å². The maximum Gasteiger partial charge on any atom is 0.137 e. The van der Waals surface area contributed by atoms with Gasteiger partial charge in [-0.1, -0.05) is 72.8 Å². The number of ketones is 1. The third kappa shape index (κ3) is 6.60. The molecule has 0 bridgehead atoms. The predicted molar refractivity (Wildman–Crippen MR) is 119 cm³/mol. The summed E-state index contributed by atoms with van der Waals surface area (Å²) in [6.45, 7) is 0.456. The molecule has 0 aromatic heterocycles. The molecule has 0 atom stereocenters. The fourth-order valence-corrected chi connectivity index (χ4v) is 3.53. The smallest absolute Gasteiger partial charge is 0.137 e. The van der Waals surface area contributed by atoms with E-state index in [0.29, 0.717) is 32.3 Å². The summed E-state index contributed by atoms with van der Waals surface area (Å²) in [6, 6.07) is 28.3. The second-order valence-corrected chi connectivity index (χ2v) is 7.38. The molecular weight excluding hydrogens is 370 g/mol. The van der Waals surface area contributed by atoms with Crippen LogP contribution in [0.15, 0.2) is 78.9 Å². The fourth-order valence-electron chi connectivity index (χ4n) is 3.53. The Balaban J connectivity index is 1.66. The maximum atomic E-state index is 12.7. The summed E-state index contributed by atoms with van der Waals surface area (Å²) in [5.74, 6) is 0.950. The topological polar surface area (TPSA) is 50.1 Å². The van der Waals surface area contributed by atoms with Crippen molar-refractivity contribution in [2.24, 2.45) is 0 Å². The number of rotatable bonds is 11. The van der Waals surface area contributed by atoms with Crippen LogP contribution in [0.2, 0.25) is 0 Å². The van der Waals surface area contributed by atoms with Crippen LogP contribution in [0.3, 0.4) is 0 Å². The fraction of sp³-hybridized carbons (Fsp3) is 0.259. The first-order valence-corrected chi connectivity index (χ1v) is 10.5. The van der Waals surface area contributed by atoms with Gasteiger partial charge in [-0.05, 0) is 42.0 Å². The van der Waals surface area contributed by atoms with E-state index in [9.17, 15) is 4.79 Å². The molecule has 3 aromatic rings. The van der Waals surface area contributed by atoms with Crippen LogP contribution in [-0.2, 0) is 30.7 Å². The van der Waals surface area contributed by atoms with Gasteiger partial charge in [0.05, 0.1) is 6.07 Å². The van der Waals surface area contributed by atoms with E-state index in [1.807, 2.05) is 66.7 Å². The molecule has 152 valence electrons. The number of hydrogen-bond acceptors (Lipinski definition) is 3. The van der Waals surface area contributed by atoms with E-state index >= 15 is 0 Å². The first-order valence-electron chi connectivity index (χ1n) is 10.5. The van der Waals surface area contributed by atoms with Crippen molar-refractivity contribution in [1.82, 2.24) is 0 Å². The number of hydrogen-bond donors (Lipinski definition) is 0. The van der Waals surface area contributed by atoms with E-state index in [1.54, 1.807) is 0 Å². The van der Waals surface area contributed by atoms with E-state index < -0.39 is 0 Å². The lowest BCUT2D eigenvalue weighted by molar-refractivity contribution is -0.118. The second-order valence-electron chi connectivity index (χ2n) is 7.38. The van der Waals surface area contributed by atoms with Crippen molar-refractivity contribution in [2.75, 3.05) is 0 Å². The highest BCUT2D eigenvalue weighted by Crippen LogP contribution is 2.26. The van der Waals surface area contributed by atoms with E-state index in [-0.39, 0.29) is 5.78 Å². The molecule has 3 heteroatoms. The van der Waals surface area contributed by atoms with Crippen LogP contribution >= 0.6 is 0 Å². The van der Waals surface area contributed by atoms with E-state index in [4.69, 9.17) is 10.00 Å². The first-order chi connectivity index (χ1) is 14.8. The van der Waals surface area contributed by atoms with Crippen LogP contribution in [0.4, 0.5) is 0 Å². The molecule has 0 aliphatic heterocycles. The highest BCUT2D eigenvalue weighted by atomic mass is 16.5. The van der Waals surface area contributed by atoms with Crippen molar-refractivity contribution < 1.29 is 9.53 Å². The molecule has 3 nitrogen and oxygen atoms in total. The zero-order valence-corrected chi connectivity index (χ0v) is 17.2. The lowest BCUT2D eigenvalue weighted by Crippen LogP contribution is -2.09. The van der Waals surface area contributed by atoms with Crippen LogP contribution in [-0.4, -0.2) is 5.78 Å². The van der Waals surface area contributed by atoms with Gasteiger partial charge in [-0.15, -0.1) is 0 Å². The molecule has 3 rings (SSSR count). The average Bonchev–Trinajstić information content (AvgIpc) is 2.79. The molecule has 0 unspecified atom stereocenters. The lowest BCUT2D eigenvalue weighted by atomic mass is 9.95. The molecule has 0 saturated heterocycles. The van der Waals surface area contributed by atoms with Crippen molar-refractivity contribution in [3.8, 4) is 11.8 Å². The zero-order chi connectivity index (χ0) is 21.0. The first kappa shape index (κ1) is 21.3. The Bertz CT molecular complexity index is 975. The number of benzene rings is 3. The minimum Gasteiger partial charge on any atom is -0.489 e. The molecule has 0 aliphatic rings. The molecule has 0 fully saturated rings. The standard InChI is InChI=1S/C27H27NO2/c28-19-9-16-24-15-8-18-27(30-21-23-12-5-2-6-13-23)26(24)20-25(29)17-7-14-22-10-3-1-4-11-22/h1-6,8,10-13,15,18H,7,9,14,16-17,20-21H2. The number of carbonyl (C=O) groups is 1. The minimum atomic E-state index is 0.208. The van der Waals surface area contributed by atoms with Gasteiger partial charge in [0.25, 0.3) is 0 Å². The average molecular weight is 398 g/mol. The van der Waals surface area contributed by atoms with Crippen LogP contribution in [0.25, 0.3) is 0 Å². The van der Waals surface area contributed by atoms with Gasteiger partial charge in [0, 0.05) is 24.8 Å². The molecule has 0 saturated carbocycles. The SMILES string of the molecule is N#CCCc1cccc(OCc2ccccc2)c1CC(=O)CCCc1ccccc1. The largest absolute Gasteiger partial charge is 0.489 e. The minimum absolute atomic E-state index is 0.208. The molecule has 0 spiro atoms. The van der Waals surface area contributed by atoms with Gasteiger partial charge in [0.15, 0.2) is 0 Å². The van der Waals surface area contributed by atoms with Gasteiger partial charge in [0.2, 0.25) is 0 Å². The van der Waals surface area contributed by atoms with E-state index in [2.05, 4.69) is 18.2 Å². The van der Waals surface area contributed by atoms with Gasteiger partial charge in [0.1, 0.15) is 18.1 Å². The van der Waals surface area contributed by atoms with Crippen LogP contribution < -0.4 is 4.74 Å². The lowest BCUT2D eigenvalue weighted by Gasteiger charge is -2.15. The molecule has 0 heterocycles. The highest BCUT2D eigenvalue weighted by molar-refractivity contribution is 5.82. The van der Waals surface area contributed by atoms with Crippen molar-refractivity contribution in [1.29, 1.82) is 5.26 Å². The maximum absolute atomic E-state index is 12.7. The Morgan fingerprint density at radius 2 is 1.53 bits per heavy atom. The summed E-state index contributed by atoms with van der Waals surface area (Å²) >= 11 is 0. The number of nitrogens with zero attached hydrogens (tertiary/aromatic N) is 1. The summed E-state index contributed by atoms with van der Waals surface area (Å²) in [6.07, 6.45) is 3.69. The Morgan fingerprint density at radius 3 is 2.23 bits per heavy atom. The third-order valence-corrected chi connectivity index (χ3v) is 5.11. The Kier molecular flexibility index (Phi) is 8.23. The van der Waals surface area contributed by atoms with Gasteiger partial charge < -0.3 is 4.74 Å². The molecule has 0 radical (unpaired) electrons.